The minimum Gasteiger partial charge on any atom is -0.453 e. The Morgan fingerprint density at radius 2 is 1.88 bits per heavy atom. The molecule has 0 spiro atoms. The van der Waals surface area contributed by atoms with E-state index in [1.165, 1.54) is 18.6 Å². The topological polar surface area (TPSA) is 74.1 Å². The predicted octanol–water partition coefficient (Wildman–Crippen LogP) is 2.92. The molecule has 0 aliphatic heterocycles. The summed E-state index contributed by atoms with van der Waals surface area (Å²) in [5.74, 6) is -0.925. The van der Waals surface area contributed by atoms with Crippen molar-refractivity contribution in [2.75, 3.05) is 6.61 Å². The van der Waals surface area contributed by atoms with E-state index >= 15 is 0 Å². The molecule has 0 atom stereocenters. The minimum absolute atomic E-state index is 0.0741. The van der Waals surface area contributed by atoms with Gasteiger partial charge in [0.1, 0.15) is 0 Å². The summed E-state index contributed by atoms with van der Waals surface area (Å²) < 4.78 is 7.05. The van der Waals surface area contributed by atoms with Gasteiger partial charge in [0, 0.05) is 35.0 Å². The van der Waals surface area contributed by atoms with Crippen molar-refractivity contribution in [2.24, 2.45) is 0 Å². The van der Waals surface area contributed by atoms with Gasteiger partial charge in [-0.15, -0.1) is 0 Å². The van der Waals surface area contributed by atoms with Gasteiger partial charge in [-0.2, -0.15) is 0 Å². The average Bonchev–Trinajstić information content (AvgIpc) is 2.95. The van der Waals surface area contributed by atoms with Crippen LogP contribution in [0.2, 0.25) is 0 Å². The number of Topliss-reactive ketones (excluding diaryl/α,β-unsaturated/α-hetero) is 1. The zero-order chi connectivity index (χ0) is 17.8. The van der Waals surface area contributed by atoms with Crippen molar-refractivity contribution in [1.82, 2.24) is 14.5 Å². The summed E-state index contributed by atoms with van der Waals surface area (Å²) in [7, 11) is 0. The van der Waals surface area contributed by atoms with E-state index in [4.69, 9.17) is 4.74 Å². The number of esters is 1. The van der Waals surface area contributed by atoms with Crippen LogP contribution in [-0.2, 0) is 4.74 Å². The second kappa shape index (κ2) is 7.09. The summed E-state index contributed by atoms with van der Waals surface area (Å²) in [4.78, 5) is 32.0. The van der Waals surface area contributed by atoms with Crippen LogP contribution in [0.3, 0.4) is 0 Å². The van der Waals surface area contributed by atoms with Gasteiger partial charge in [0.2, 0.25) is 5.78 Å². The second-order valence-electron chi connectivity index (χ2n) is 5.55. The van der Waals surface area contributed by atoms with E-state index < -0.39 is 5.97 Å². The summed E-state index contributed by atoms with van der Waals surface area (Å²) in [5.41, 5.74) is 3.34. The summed E-state index contributed by atoms with van der Waals surface area (Å²) in [6.07, 6.45) is 4.15. The minimum atomic E-state index is -0.668. The Morgan fingerprint density at radius 1 is 1.12 bits per heavy atom. The number of carbonyl (C=O) groups excluding carboxylic acids is 2. The lowest BCUT2D eigenvalue weighted by Crippen LogP contribution is -2.16. The van der Waals surface area contributed by atoms with Gasteiger partial charge in [-0.05, 0) is 32.0 Å². The number of aromatic nitrogens is 3. The van der Waals surface area contributed by atoms with E-state index in [0.29, 0.717) is 5.56 Å². The fraction of sp³-hybridized carbons (Fsp3) is 0.158. The van der Waals surface area contributed by atoms with Crippen LogP contribution in [0.15, 0.2) is 55.0 Å². The van der Waals surface area contributed by atoms with Gasteiger partial charge in [-0.1, -0.05) is 18.2 Å². The molecule has 0 saturated heterocycles. The maximum absolute atomic E-state index is 12.5. The van der Waals surface area contributed by atoms with Gasteiger partial charge in [-0.25, -0.2) is 9.78 Å². The molecule has 3 rings (SSSR count). The Bertz CT molecular complexity index is 902. The molecule has 25 heavy (non-hydrogen) atoms. The molecule has 0 aliphatic carbocycles. The van der Waals surface area contributed by atoms with Crippen molar-refractivity contribution in [1.29, 1.82) is 0 Å². The molecule has 0 unspecified atom stereocenters. The molecule has 0 fully saturated rings. The molecule has 3 aromatic rings. The number of rotatable bonds is 5. The van der Waals surface area contributed by atoms with Crippen molar-refractivity contribution >= 4 is 11.8 Å². The number of benzene rings is 1. The lowest BCUT2D eigenvalue weighted by Gasteiger charge is -2.09. The van der Waals surface area contributed by atoms with E-state index in [2.05, 4.69) is 9.97 Å². The number of hydrogen-bond acceptors (Lipinski definition) is 5. The molecule has 0 radical (unpaired) electrons. The molecule has 6 nitrogen and oxygen atoms in total. The zero-order valence-electron chi connectivity index (χ0n) is 14.0. The molecule has 2 aromatic heterocycles. The van der Waals surface area contributed by atoms with Crippen molar-refractivity contribution in [2.45, 2.75) is 13.8 Å². The fourth-order valence-electron chi connectivity index (χ4n) is 2.71. The maximum atomic E-state index is 12.5. The van der Waals surface area contributed by atoms with Crippen LogP contribution in [0, 0.1) is 13.8 Å². The number of ketones is 1. The second-order valence-corrected chi connectivity index (χ2v) is 5.55. The Labute approximate surface area is 145 Å². The largest absolute Gasteiger partial charge is 0.453 e. The normalized spacial score (nSPS) is 10.5. The standard InChI is InChI=1S/C19H17N3O3/c1-13-10-16(14(2)22(13)15-6-4-3-5-7-15)18(23)12-25-19(24)17-11-20-8-9-21-17/h3-11H,12H2,1-2H3. The van der Waals surface area contributed by atoms with Gasteiger partial charge in [0.15, 0.2) is 12.3 Å². The van der Waals surface area contributed by atoms with E-state index in [9.17, 15) is 9.59 Å². The summed E-state index contributed by atoms with van der Waals surface area (Å²) in [6.45, 7) is 3.47. The Morgan fingerprint density at radius 3 is 2.56 bits per heavy atom. The molecule has 0 aliphatic rings. The highest BCUT2D eigenvalue weighted by Crippen LogP contribution is 2.21. The van der Waals surface area contributed by atoms with E-state index in [1.54, 1.807) is 6.07 Å². The van der Waals surface area contributed by atoms with Gasteiger partial charge >= 0.3 is 5.97 Å². The van der Waals surface area contributed by atoms with Crippen LogP contribution in [0.5, 0.6) is 0 Å². The molecule has 6 heteroatoms. The van der Waals surface area contributed by atoms with E-state index in [0.717, 1.165) is 17.1 Å². The molecule has 0 saturated carbocycles. The molecular formula is C19H17N3O3. The molecule has 0 bridgehead atoms. The van der Waals surface area contributed by atoms with Crippen LogP contribution in [0.1, 0.15) is 32.2 Å². The molecule has 2 heterocycles. The number of aryl methyl sites for hydroxylation is 1. The maximum Gasteiger partial charge on any atom is 0.358 e. The highest BCUT2D eigenvalue weighted by Gasteiger charge is 2.19. The lowest BCUT2D eigenvalue weighted by atomic mass is 10.1. The first kappa shape index (κ1) is 16.6. The van der Waals surface area contributed by atoms with Crippen LogP contribution in [0.4, 0.5) is 0 Å². The highest BCUT2D eigenvalue weighted by atomic mass is 16.5. The van der Waals surface area contributed by atoms with Crippen molar-refractivity contribution in [3.63, 3.8) is 0 Å². The summed E-state index contributed by atoms with van der Waals surface area (Å²) in [6, 6.07) is 11.6. The van der Waals surface area contributed by atoms with Crippen molar-refractivity contribution in [3.8, 4) is 5.69 Å². The Balaban J connectivity index is 1.76. The number of nitrogens with zero attached hydrogens (tertiary/aromatic N) is 3. The quantitative estimate of drug-likeness (QED) is 0.529. The van der Waals surface area contributed by atoms with Gasteiger partial charge < -0.3 is 9.30 Å². The van der Waals surface area contributed by atoms with Crippen molar-refractivity contribution in [3.05, 3.63) is 77.6 Å². The summed E-state index contributed by atoms with van der Waals surface area (Å²) in [5, 5.41) is 0. The van der Waals surface area contributed by atoms with Crippen LogP contribution >= 0.6 is 0 Å². The third-order valence-electron chi connectivity index (χ3n) is 3.85. The zero-order valence-corrected chi connectivity index (χ0v) is 14.0. The van der Waals surface area contributed by atoms with Gasteiger partial charge in [0.25, 0.3) is 0 Å². The van der Waals surface area contributed by atoms with Crippen LogP contribution in [-0.4, -0.2) is 32.9 Å². The predicted molar refractivity (Wildman–Crippen MR) is 91.9 cm³/mol. The van der Waals surface area contributed by atoms with Crippen LogP contribution in [0.25, 0.3) is 5.69 Å². The van der Waals surface area contributed by atoms with Crippen molar-refractivity contribution < 1.29 is 14.3 Å². The Kier molecular flexibility index (Phi) is 4.70. The molecular weight excluding hydrogens is 318 g/mol. The lowest BCUT2D eigenvalue weighted by molar-refractivity contribution is 0.0468. The third-order valence-corrected chi connectivity index (χ3v) is 3.85. The van der Waals surface area contributed by atoms with Gasteiger partial charge in [0.05, 0.1) is 6.20 Å². The molecule has 0 amide bonds. The first-order valence-corrected chi connectivity index (χ1v) is 7.78. The smallest absolute Gasteiger partial charge is 0.358 e. The van der Waals surface area contributed by atoms with Crippen LogP contribution < -0.4 is 0 Å². The molecule has 1 aromatic carbocycles. The fourth-order valence-corrected chi connectivity index (χ4v) is 2.71. The number of carbonyl (C=O) groups is 2. The molecule has 126 valence electrons. The average molecular weight is 335 g/mol. The third kappa shape index (κ3) is 3.47. The van der Waals surface area contributed by atoms with Gasteiger partial charge in [-0.3, -0.25) is 9.78 Å². The first-order valence-electron chi connectivity index (χ1n) is 7.78. The Hall–Kier alpha value is -3.28. The first-order chi connectivity index (χ1) is 12.1. The summed E-state index contributed by atoms with van der Waals surface area (Å²) >= 11 is 0. The number of hydrogen-bond donors (Lipinski definition) is 0. The van der Waals surface area contributed by atoms with E-state index in [-0.39, 0.29) is 18.1 Å². The number of para-hydroxylation sites is 1. The number of ether oxygens (including phenoxy) is 1. The highest BCUT2D eigenvalue weighted by molar-refractivity contribution is 6.00. The SMILES string of the molecule is Cc1cc(C(=O)COC(=O)c2cnccn2)c(C)n1-c1ccccc1. The monoisotopic (exact) mass is 335 g/mol. The molecule has 0 N–H and O–H groups in total. The van der Waals surface area contributed by atoms with E-state index in [1.807, 2.05) is 48.7 Å².